The first-order valence-corrected chi connectivity index (χ1v) is 6.84. The molecule has 5 nitrogen and oxygen atoms in total. The predicted molar refractivity (Wildman–Crippen MR) is 79.0 cm³/mol. The van der Waals surface area contributed by atoms with Crippen LogP contribution in [0.2, 0.25) is 0 Å². The number of hydrogen-bond donors (Lipinski definition) is 2. The third kappa shape index (κ3) is 3.29. The number of pyridine rings is 1. The van der Waals surface area contributed by atoms with E-state index in [0.29, 0.717) is 18.0 Å². The van der Waals surface area contributed by atoms with Crippen molar-refractivity contribution in [1.29, 1.82) is 0 Å². The average Bonchev–Trinajstić information content (AvgIpc) is 2.38. The van der Waals surface area contributed by atoms with E-state index in [1.54, 1.807) is 13.3 Å². The van der Waals surface area contributed by atoms with Crippen molar-refractivity contribution in [3.05, 3.63) is 12.3 Å². The Morgan fingerprint density at radius 1 is 1.42 bits per heavy atom. The lowest BCUT2D eigenvalue weighted by Gasteiger charge is -2.30. The van der Waals surface area contributed by atoms with Crippen molar-refractivity contribution in [3.8, 4) is 5.88 Å². The topological polar surface area (TPSA) is 63.4 Å². The molecule has 1 heterocycles. The van der Waals surface area contributed by atoms with Crippen LogP contribution in [-0.4, -0.2) is 38.3 Å². The Hall–Kier alpha value is -1.49. The van der Waals surface area contributed by atoms with Crippen molar-refractivity contribution in [2.45, 2.75) is 37.8 Å². The van der Waals surface area contributed by atoms with E-state index in [2.05, 4.69) is 15.2 Å². The number of aromatic nitrogens is 1. The molecule has 0 aliphatic heterocycles. The molecule has 1 aromatic heterocycles. The molecule has 1 aliphatic carbocycles. The number of nitrogens with zero attached hydrogens (tertiary/aromatic N) is 2. The number of methoxy groups -OCH3 is 1. The monoisotopic (exact) mass is 264 g/mol. The first-order valence-electron chi connectivity index (χ1n) is 6.84. The zero-order chi connectivity index (χ0) is 13.8. The van der Waals surface area contributed by atoms with E-state index >= 15 is 0 Å². The van der Waals surface area contributed by atoms with Crippen LogP contribution in [0.4, 0.5) is 11.4 Å². The number of anilines is 2. The first kappa shape index (κ1) is 13.9. The van der Waals surface area contributed by atoms with E-state index in [4.69, 9.17) is 10.5 Å². The summed E-state index contributed by atoms with van der Waals surface area (Å²) in [4.78, 5) is 6.35. The van der Waals surface area contributed by atoms with Crippen LogP contribution in [0.15, 0.2) is 12.3 Å². The Morgan fingerprint density at radius 3 is 2.84 bits per heavy atom. The molecular weight excluding hydrogens is 240 g/mol. The third-order valence-corrected chi connectivity index (χ3v) is 3.63. The van der Waals surface area contributed by atoms with Crippen LogP contribution in [0.1, 0.15) is 25.7 Å². The van der Waals surface area contributed by atoms with E-state index < -0.39 is 0 Å². The summed E-state index contributed by atoms with van der Waals surface area (Å²) >= 11 is 0. The molecule has 5 heteroatoms. The van der Waals surface area contributed by atoms with Gasteiger partial charge in [0.2, 0.25) is 5.88 Å². The highest BCUT2D eigenvalue weighted by Gasteiger charge is 2.22. The molecule has 1 fully saturated rings. The second-order valence-corrected chi connectivity index (χ2v) is 5.38. The zero-order valence-corrected chi connectivity index (χ0v) is 12.0. The Morgan fingerprint density at radius 2 is 2.21 bits per heavy atom. The number of nitrogens with two attached hydrogens (primary N) is 1. The summed E-state index contributed by atoms with van der Waals surface area (Å²) in [6.07, 6.45) is 6.23. The molecule has 1 aromatic rings. The fraction of sp³-hybridized carbons (Fsp3) is 0.643. The maximum Gasteiger partial charge on any atom is 0.239 e. The number of ether oxygens (including phenoxy) is 1. The van der Waals surface area contributed by atoms with Gasteiger partial charge in [-0.25, -0.2) is 4.98 Å². The fourth-order valence-electron chi connectivity index (χ4n) is 2.66. The largest absolute Gasteiger partial charge is 0.479 e. The number of rotatable bonds is 4. The van der Waals surface area contributed by atoms with Crippen molar-refractivity contribution in [3.63, 3.8) is 0 Å². The second kappa shape index (κ2) is 6.10. The maximum absolute atomic E-state index is 6.05. The Labute approximate surface area is 115 Å². The molecule has 0 spiro atoms. The van der Waals surface area contributed by atoms with Gasteiger partial charge in [-0.1, -0.05) is 0 Å². The molecular formula is C14H24N4O. The minimum Gasteiger partial charge on any atom is -0.479 e. The predicted octanol–water partition coefficient (Wildman–Crippen LogP) is 1.84. The molecule has 1 aliphatic rings. The Balaban J connectivity index is 2.22. The molecule has 1 saturated carbocycles. The molecule has 2 unspecified atom stereocenters. The van der Waals surface area contributed by atoms with Crippen LogP contribution in [0.25, 0.3) is 0 Å². The smallest absolute Gasteiger partial charge is 0.239 e. The van der Waals surface area contributed by atoms with Gasteiger partial charge in [0, 0.05) is 32.4 Å². The van der Waals surface area contributed by atoms with Crippen LogP contribution in [0.5, 0.6) is 5.88 Å². The molecule has 19 heavy (non-hydrogen) atoms. The van der Waals surface area contributed by atoms with Gasteiger partial charge in [-0.15, -0.1) is 0 Å². The van der Waals surface area contributed by atoms with Crippen LogP contribution in [-0.2, 0) is 0 Å². The molecule has 0 saturated heterocycles. The first-order chi connectivity index (χ1) is 9.11. The van der Waals surface area contributed by atoms with Crippen LogP contribution in [0.3, 0.4) is 0 Å². The normalized spacial score (nSPS) is 22.9. The summed E-state index contributed by atoms with van der Waals surface area (Å²) < 4.78 is 5.37. The van der Waals surface area contributed by atoms with Crippen molar-refractivity contribution in [1.82, 2.24) is 4.98 Å². The summed E-state index contributed by atoms with van der Waals surface area (Å²) in [5.41, 5.74) is 8.11. The molecule has 0 aromatic carbocycles. The van der Waals surface area contributed by atoms with E-state index in [1.807, 2.05) is 20.2 Å². The Kier molecular flexibility index (Phi) is 4.47. The summed E-state index contributed by atoms with van der Waals surface area (Å²) in [6, 6.07) is 2.70. The van der Waals surface area contributed by atoms with E-state index in [1.165, 1.54) is 6.42 Å². The minimum absolute atomic E-state index is 0.303. The van der Waals surface area contributed by atoms with Gasteiger partial charge in [0.1, 0.15) is 5.69 Å². The highest BCUT2D eigenvalue weighted by atomic mass is 16.5. The highest BCUT2D eigenvalue weighted by Crippen LogP contribution is 2.34. The number of hydrogen-bond acceptors (Lipinski definition) is 5. The summed E-state index contributed by atoms with van der Waals surface area (Å²) in [7, 11) is 5.69. The number of nitrogens with one attached hydrogen (secondary N) is 1. The van der Waals surface area contributed by atoms with E-state index in [9.17, 15) is 0 Å². The van der Waals surface area contributed by atoms with Gasteiger partial charge in [-0.3, -0.25) is 0 Å². The maximum atomic E-state index is 6.05. The summed E-state index contributed by atoms with van der Waals surface area (Å²) in [5.74, 6) is 0.644. The lowest BCUT2D eigenvalue weighted by atomic mass is 9.91. The summed E-state index contributed by atoms with van der Waals surface area (Å²) in [6.45, 7) is 0. The quantitative estimate of drug-likeness (QED) is 0.869. The summed E-state index contributed by atoms with van der Waals surface area (Å²) in [5, 5.41) is 3.57. The van der Waals surface area contributed by atoms with Gasteiger partial charge >= 0.3 is 0 Å². The molecule has 0 bridgehead atoms. The zero-order valence-electron chi connectivity index (χ0n) is 12.0. The molecule has 3 N–H and O–H groups in total. The van der Waals surface area contributed by atoms with Crippen LogP contribution in [0, 0.1) is 0 Å². The van der Waals surface area contributed by atoms with Gasteiger partial charge in [0.15, 0.2) is 0 Å². The highest BCUT2D eigenvalue weighted by molar-refractivity contribution is 5.74. The van der Waals surface area contributed by atoms with Crippen molar-refractivity contribution in [2.75, 3.05) is 31.4 Å². The van der Waals surface area contributed by atoms with Gasteiger partial charge in [-0.2, -0.15) is 0 Å². The van der Waals surface area contributed by atoms with Crippen LogP contribution < -0.4 is 20.7 Å². The third-order valence-electron chi connectivity index (χ3n) is 3.63. The molecule has 2 atom stereocenters. The minimum atomic E-state index is 0.303. The van der Waals surface area contributed by atoms with Gasteiger partial charge in [0.25, 0.3) is 0 Å². The molecule has 106 valence electrons. The van der Waals surface area contributed by atoms with Gasteiger partial charge < -0.3 is 20.7 Å². The van der Waals surface area contributed by atoms with Gasteiger partial charge in [-0.05, 0) is 31.7 Å². The van der Waals surface area contributed by atoms with Crippen molar-refractivity contribution < 1.29 is 4.74 Å². The SMILES string of the molecule is COc1nccc(N(C)C)c1NC1CCCC(N)C1. The van der Waals surface area contributed by atoms with Gasteiger partial charge in [0.05, 0.1) is 12.8 Å². The lowest BCUT2D eigenvalue weighted by molar-refractivity contribution is 0.391. The molecule has 0 amide bonds. The fourth-order valence-corrected chi connectivity index (χ4v) is 2.66. The standard InChI is InChI=1S/C14H24N4O/c1-18(2)12-7-8-16-14(19-3)13(12)17-11-6-4-5-10(15)9-11/h7-8,10-11,17H,4-6,9,15H2,1-3H3. The van der Waals surface area contributed by atoms with Crippen LogP contribution >= 0.6 is 0 Å². The van der Waals surface area contributed by atoms with E-state index in [0.717, 1.165) is 30.6 Å². The second-order valence-electron chi connectivity index (χ2n) is 5.38. The molecule has 2 rings (SSSR count). The van der Waals surface area contributed by atoms with Crippen molar-refractivity contribution in [2.24, 2.45) is 5.73 Å². The van der Waals surface area contributed by atoms with Crippen molar-refractivity contribution >= 4 is 11.4 Å². The Bertz CT molecular complexity index is 422. The molecule has 0 radical (unpaired) electrons. The lowest BCUT2D eigenvalue weighted by Crippen LogP contribution is -2.35. The average molecular weight is 264 g/mol. The van der Waals surface area contributed by atoms with E-state index in [-0.39, 0.29) is 0 Å².